The van der Waals surface area contributed by atoms with Gasteiger partial charge in [-0.3, -0.25) is 14.4 Å². The Hall–Kier alpha value is -3.99. The summed E-state index contributed by atoms with van der Waals surface area (Å²) < 4.78 is 29.9. The van der Waals surface area contributed by atoms with E-state index in [1.165, 1.54) is 19.9 Å². The molecule has 1 N–H and O–H groups in total. The molecule has 4 aliphatic rings. The van der Waals surface area contributed by atoms with Crippen LogP contribution in [0.1, 0.15) is 66.4 Å². The zero-order valence-electron chi connectivity index (χ0n) is 26.4. The van der Waals surface area contributed by atoms with E-state index >= 15 is 0 Å². The first-order chi connectivity index (χ1) is 21.1. The number of rotatable bonds is 6. The minimum Gasteiger partial charge on any atom is -0.462 e. The summed E-state index contributed by atoms with van der Waals surface area (Å²) in [5, 5.41) is 9.91. The van der Waals surface area contributed by atoms with Gasteiger partial charge in [0.15, 0.2) is 11.9 Å². The first-order valence-electron chi connectivity index (χ1n) is 15.2. The van der Waals surface area contributed by atoms with Crippen LogP contribution in [0.3, 0.4) is 0 Å². The maximum absolute atomic E-state index is 13.6. The number of carbonyl (C=O) groups is 5. The van der Waals surface area contributed by atoms with Gasteiger partial charge >= 0.3 is 24.1 Å². The number of carbonyl (C=O) groups excluding carboxylic acids is 4. The lowest BCUT2D eigenvalue weighted by Gasteiger charge is -2.60. The van der Waals surface area contributed by atoms with E-state index in [1.807, 2.05) is 51.1 Å². The summed E-state index contributed by atoms with van der Waals surface area (Å²) in [6.45, 7) is 9.79. The number of ketones is 1. The Balaban J connectivity index is 1.66. The van der Waals surface area contributed by atoms with E-state index in [1.54, 1.807) is 13.0 Å². The quantitative estimate of drug-likeness (QED) is 0.203. The van der Waals surface area contributed by atoms with Crippen molar-refractivity contribution in [1.82, 2.24) is 0 Å². The second-order valence-corrected chi connectivity index (χ2v) is 13.3. The maximum Gasteiger partial charge on any atom is 0.506 e. The molecule has 0 aromatic heterocycles. The molecular formula is C34H40O11. The Morgan fingerprint density at radius 1 is 0.978 bits per heavy atom. The van der Waals surface area contributed by atoms with E-state index in [2.05, 4.69) is 0 Å². The number of epoxide rings is 1. The normalized spacial score (nSPS) is 35.1. The first kappa shape index (κ1) is 32.4. The van der Waals surface area contributed by atoms with Crippen molar-refractivity contribution in [2.24, 2.45) is 22.7 Å². The zero-order valence-corrected chi connectivity index (χ0v) is 26.4. The number of hydrogen-bond donors (Lipinski definition) is 1. The molecule has 11 nitrogen and oxygen atoms in total. The molecule has 11 heteroatoms. The predicted molar refractivity (Wildman–Crippen MR) is 158 cm³/mol. The summed E-state index contributed by atoms with van der Waals surface area (Å²) in [6, 6.07) is 9.27. The van der Waals surface area contributed by atoms with Crippen LogP contribution in [-0.2, 0) is 42.9 Å². The fraction of sp³-hybridized carbons (Fsp3) is 0.559. The molecule has 242 valence electrons. The highest BCUT2D eigenvalue weighted by molar-refractivity contribution is 5.97. The summed E-state index contributed by atoms with van der Waals surface area (Å²) in [6.07, 6.45) is -2.30. The Morgan fingerprint density at radius 3 is 2.20 bits per heavy atom. The van der Waals surface area contributed by atoms with Crippen molar-refractivity contribution in [1.29, 1.82) is 0 Å². The minimum atomic E-state index is -1.59. The molecule has 3 fully saturated rings. The van der Waals surface area contributed by atoms with Gasteiger partial charge in [-0.1, -0.05) is 51.1 Å². The fourth-order valence-electron chi connectivity index (χ4n) is 8.31. The molecule has 1 spiro atoms. The Bertz CT molecular complexity index is 1450. The van der Waals surface area contributed by atoms with Gasteiger partial charge in [0.1, 0.15) is 23.9 Å². The molecule has 1 aliphatic heterocycles. The smallest absolute Gasteiger partial charge is 0.462 e. The number of esters is 3. The summed E-state index contributed by atoms with van der Waals surface area (Å²) in [7, 11) is 0. The van der Waals surface area contributed by atoms with Crippen LogP contribution in [0.15, 0.2) is 47.6 Å². The lowest BCUT2D eigenvalue weighted by atomic mass is 9.48. The van der Waals surface area contributed by atoms with E-state index in [0.29, 0.717) is 11.1 Å². The van der Waals surface area contributed by atoms with Crippen LogP contribution >= 0.6 is 0 Å². The van der Waals surface area contributed by atoms with E-state index in [4.69, 9.17) is 23.7 Å². The number of fused-ring (bicyclic) bond motifs is 4. The molecular weight excluding hydrogens is 584 g/mol. The summed E-state index contributed by atoms with van der Waals surface area (Å²) in [5.74, 6) is -3.50. The van der Waals surface area contributed by atoms with Crippen molar-refractivity contribution in [2.45, 2.75) is 90.8 Å². The third-order valence-corrected chi connectivity index (χ3v) is 10.3. The first-order valence-corrected chi connectivity index (χ1v) is 15.2. The van der Waals surface area contributed by atoms with Gasteiger partial charge in [0.2, 0.25) is 0 Å². The predicted octanol–water partition coefficient (Wildman–Crippen LogP) is 4.67. The van der Waals surface area contributed by atoms with Crippen LogP contribution in [0.4, 0.5) is 4.79 Å². The highest BCUT2D eigenvalue weighted by Crippen LogP contribution is 2.65. The van der Waals surface area contributed by atoms with Crippen molar-refractivity contribution in [3.63, 3.8) is 0 Å². The van der Waals surface area contributed by atoms with Crippen LogP contribution in [0.25, 0.3) is 6.08 Å². The topological polar surface area (TPSA) is 155 Å². The molecule has 2 saturated carbocycles. The van der Waals surface area contributed by atoms with Crippen molar-refractivity contribution < 1.29 is 52.8 Å². The number of benzene rings is 1. The molecule has 1 aromatic carbocycles. The van der Waals surface area contributed by atoms with Crippen molar-refractivity contribution in [2.75, 3.05) is 6.61 Å². The van der Waals surface area contributed by atoms with Gasteiger partial charge in [0.05, 0.1) is 6.61 Å². The third kappa shape index (κ3) is 5.78. The van der Waals surface area contributed by atoms with E-state index < -0.39 is 76.7 Å². The van der Waals surface area contributed by atoms with Crippen LogP contribution in [0.2, 0.25) is 0 Å². The number of Topliss-reactive ketones (excluding diaryl/α,β-unsaturated/α-hetero) is 1. The number of ether oxygens (including phenoxy) is 5. The largest absolute Gasteiger partial charge is 0.506 e. The molecule has 2 bridgehead atoms. The lowest BCUT2D eigenvalue weighted by molar-refractivity contribution is -0.223. The second kappa shape index (κ2) is 11.7. The summed E-state index contributed by atoms with van der Waals surface area (Å²) >= 11 is 0. The molecule has 0 amide bonds. The van der Waals surface area contributed by atoms with E-state index in [9.17, 15) is 29.1 Å². The molecule has 1 aromatic rings. The SMILES string of the molecule is CC(=O)O[C@@H]1[C@H]2CC(=O)C(C)=C([C@@H](OC(=O)O)[C@H](OC(C)=O)[C@@]3(C)CC[C@H](OC(=O)C=Cc4ccccc4)[C@@]4(CO4)[C@H]13)C2(C)C. The summed E-state index contributed by atoms with van der Waals surface area (Å²) in [4.78, 5) is 64.3. The van der Waals surface area contributed by atoms with Gasteiger partial charge in [-0.2, -0.15) is 0 Å². The van der Waals surface area contributed by atoms with Crippen LogP contribution in [-0.4, -0.2) is 71.6 Å². The molecule has 1 saturated heterocycles. The average molecular weight is 625 g/mol. The van der Waals surface area contributed by atoms with Crippen LogP contribution in [0, 0.1) is 22.7 Å². The monoisotopic (exact) mass is 624 g/mol. The molecule has 8 atom stereocenters. The number of allylic oxidation sites excluding steroid dienone is 1. The van der Waals surface area contributed by atoms with Crippen molar-refractivity contribution >= 4 is 35.9 Å². The number of hydrogen-bond acceptors (Lipinski definition) is 10. The molecule has 3 aliphatic carbocycles. The lowest BCUT2D eigenvalue weighted by Crippen LogP contribution is -2.68. The van der Waals surface area contributed by atoms with Gasteiger partial charge in [-0.25, -0.2) is 9.59 Å². The fourth-order valence-corrected chi connectivity index (χ4v) is 8.31. The van der Waals surface area contributed by atoms with Gasteiger partial charge < -0.3 is 28.8 Å². The third-order valence-electron chi connectivity index (χ3n) is 10.3. The Morgan fingerprint density at radius 2 is 1.62 bits per heavy atom. The zero-order chi connectivity index (χ0) is 32.9. The van der Waals surface area contributed by atoms with Gasteiger partial charge in [-0.05, 0) is 48.0 Å². The van der Waals surface area contributed by atoms with Gasteiger partial charge in [-0.15, -0.1) is 0 Å². The van der Waals surface area contributed by atoms with Gasteiger partial charge in [0.25, 0.3) is 0 Å². The standard InChI is InChI=1S/C34H40O11/c1-18-23(37)16-22-27(42-19(2)35)29-33(6,30(43-20(3)36)28(45-31(39)40)26(18)32(22,4)5)15-14-24(34(29)17-41-34)44-25(38)13-12-21-10-8-7-9-11-21/h7-13,22,24,27-30H,14-17H2,1-6H3,(H,39,40)/t22-,24+,27-,28-,29-,30+,33+,34+/m1/s1. The summed E-state index contributed by atoms with van der Waals surface area (Å²) in [5.41, 5.74) is -1.69. The minimum absolute atomic E-state index is 0.0191. The van der Waals surface area contributed by atoms with E-state index in [-0.39, 0.29) is 31.7 Å². The van der Waals surface area contributed by atoms with Crippen molar-refractivity contribution in [3.8, 4) is 0 Å². The molecule has 5 rings (SSSR count). The van der Waals surface area contributed by atoms with Crippen LogP contribution in [0.5, 0.6) is 0 Å². The molecule has 0 unspecified atom stereocenters. The number of carboxylic acid groups (broad SMARTS) is 1. The van der Waals surface area contributed by atoms with Gasteiger partial charge in [0, 0.05) is 43.6 Å². The van der Waals surface area contributed by atoms with Crippen LogP contribution < -0.4 is 0 Å². The van der Waals surface area contributed by atoms with E-state index in [0.717, 1.165) is 5.56 Å². The highest BCUT2D eigenvalue weighted by atomic mass is 16.7. The molecule has 45 heavy (non-hydrogen) atoms. The Labute approximate surface area is 261 Å². The average Bonchev–Trinajstić information content (AvgIpc) is 3.73. The second-order valence-electron chi connectivity index (χ2n) is 13.3. The Kier molecular flexibility index (Phi) is 8.46. The molecule has 0 radical (unpaired) electrons. The van der Waals surface area contributed by atoms with Crippen molar-refractivity contribution in [3.05, 3.63) is 53.1 Å². The highest BCUT2D eigenvalue weighted by Gasteiger charge is 2.74. The molecule has 1 heterocycles. The maximum atomic E-state index is 13.6.